The van der Waals surface area contributed by atoms with Crippen LogP contribution in [0.25, 0.3) is 0 Å². The molecule has 2 aromatic rings. The van der Waals surface area contributed by atoms with Gasteiger partial charge >= 0.3 is 0 Å². The lowest BCUT2D eigenvalue weighted by Crippen LogP contribution is -2.40. The molecule has 0 unspecified atom stereocenters. The van der Waals surface area contributed by atoms with Crippen molar-refractivity contribution in [3.63, 3.8) is 0 Å². The first-order valence-electron chi connectivity index (χ1n) is 8.31. The van der Waals surface area contributed by atoms with Gasteiger partial charge in [0.15, 0.2) is 0 Å². The molecule has 1 amide bonds. The van der Waals surface area contributed by atoms with Crippen LogP contribution in [0.5, 0.6) is 0 Å². The van der Waals surface area contributed by atoms with E-state index in [0.29, 0.717) is 17.3 Å². The Hall–Kier alpha value is -2.05. The Morgan fingerprint density at radius 1 is 1.15 bits per heavy atom. The summed E-state index contributed by atoms with van der Waals surface area (Å²) in [6.45, 7) is 2.12. The van der Waals surface area contributed by atoms with Crippen LogP contribution in [-0.4, -0.2) is 33.7 Å². The summed E-state index contributed by atoms with van der Waals surface area (Å²) in [5.74, 6) is -0.326. The Kier molecular flexibility index (Phi) is 7.06. The summed E-state index contributed by atoms with van der Waals surface area (Å²) in [6, 6.07) is 14.6. The predicted molar refractivity (Wildman–Crippen MR) is 106 cm³/mol. The molecule has 7 heteroatoms. The van der Waals surface area contributed by atoms with E-state index in [4.69, 9.17) is 11.6 Å². The molecule has 26 heavy (non-hydrogen) atoms. The maximum Gasteiger partial charge on any atom is 0.240 e. The van der Waals surface area contributed by atoms with Gasteiger partial charge < -0.3 is 5.32 Å². The van der Waals surface area contributed by atoms with Gasteiger partial charge in [-0.1, -0.05) is 35.9 Å². The minimum Gasteiger partial charge on any atom is -0.355 e. The van der Waals surface area contributed by atoms with Crippen LogP contribution < -0.4 is 9.62 Å². The van der Waals surface area contributed by atoms with Crippen LogP contribution in [0.4, 0.5) is 5.69 Å². The van der Waals surface area contributed by atoms with Gasteiger partial charge in [-0.05, 0) is 55.2 Å². The monoisotopic (exact) mass is 394 g/mol. The summed E-state index contributed by atoms with van der Waals surface area (Å²) < 4.78 is 25.2. The number of aryl methyl sites for hydroxylation is 2. The standard InChI is InChI=1S/C19H23ClN2O3S/c1-15-5-3-7-18(13-15)22(26(2,24)25)14-19(23)21-12-4-6-16-8-10-17(20)11-9-16/h3,5,7-11,13H,4,6,12,14H2,1-2H3,(H,21,23). The fourth-order valence-electron chi connectivity index (χ4n) is 2.54. The van der Waals surface area contributed by atoms with Gasteiger partial charge in [-0.3, -0.25) is 9.10 Å². The third-order valence-electron chi connectivity index (χ3n) is 3.85. The number of carbonyl (C=O) groups is 1. The van der Waals surface area contributed by atoms with Crippen molar-refractivity contribution in [3.8, 4) is 0 Å². The van der Waals surface area contributed by atoms with Crippen molar-refractivity contribution in [2.24, 2.45) is 0 Å². The molecule has 0 radical (unpaired) electrons. The summed E-state index contributed by atoms with van der Waals surface area (Å²) in [6.07, 6.45) is 2.67. The highest BCUT2D eigenvalue weighted by atomic mass is 35.5. The second-order valence-corrected chi connectivity index (χ2v) is 8.53. The molecule has 0 fully saturated rings. The van der Waals surface area contributed by atoms with E-state index in [1.54, 1.807) is 18.2 Å². The number of sulfonamides is 1. The van der Waals surface area contributed by atoms with Gasteiger partial charge in [0, 0.05) is 11.6 Å². The average Bonchev–Trinajstić information content (AvgIpc) is 2.57. The zero-order valence-corrected chi connectivity index (χ0v) is 16.5. The summed E-state index contributed by atoms with van der Waals surface area (Å²) in [5, 5.41) is 3.47. The molecule has 0 spiro atoms. The van der Waals surface area contributed by atoms with Crippen LogP contribution in [0, 0.1) is 6.92 Å². The molecule has 0 aliphatic carbocycles. The van der Waals surface area contributed by atoms with Crippen LogP contribution in [0.3, 0.4) is 0 Å². The minimum atomic E-state index is -3.55. The van der Waals surface area contributed by atoms with Crippen LogP contribution in [0.2, 0.25) is 5.02 Å². The molecular formula is C19H23ClN2O3S. The molecule has 2 rings (SSSR count). The van der Waals surface area contributed by atoms with Crippen molar-refractivity contribution < 1.29 is 13.2 Å². The zero-order valence-electron chi connectivity index (χ0n) is 14.9. The number of benzene rings is 2. The maximum atomic E-state index is 12.2. The molecule has 0 aliphatic heterocycles. The van der Waals surface area contributed by atoms with Crippen molar-refractivity contribution in [2.45, 2.75) is 19.8 Å². The van der Waals surface area contributed by atoms with Gasteiger partial charge in [-0.25, -0.2) is 8.42 Å². The van der Waals surface area contributed by atoms with E-state index in [1.165, 1.54) is 0 Å². The Bertz CT molecular complexity index is 851. The van der Waals surface area contributed by atoms with E-state index < -0.39 is 10.0 Å². The summed E-state index contributed by atoms with van der Waals surface area (Å²) in [4.78, 5) is 12.2. The second kappa shape index (κ2) is 9.05. The number of rotatable bonds is 8. The molecule has 0 saturated heterocycles. The lowest BCUT2D eigenvalue weighted by Gasteiger charge is -2.22. The molecule has 0 saturated carbocycles. The Morgan fingerprint density at radius 3 is 2.46 bits per heavy atom. The van der Waals surface area contributed by atoms with Crippen molar-refractivity contribution in [3.05, 3.63) is 64.7 Å². The molecule has 0 heterocycles. The normalized spacial score (nSPS) is 11.2. The van der Waals surface area contributed by atoms with Crippen molar-refractivity contribution in [2.75, 3.05) is 23.7 Å². The summed E-state index contributed by atoms with van der Waals surface area (Å²) in [7, 11) is -3.55. The Labute approximate surface area is 160 Å². The third-order valence-corrected chi connectivity index (χ3v) is 5.25. The average molecular weight is 395 g/mol. The second-order valence-electron chi connectivity index (χ2n) is 6.19. The smallest absolute Gasteiger partial charge is 0.240 e. The number of carbonyl (C=O) groups excluding carboxylic acids is 1. The number of anilines is 1. The number of nitrogens with zero attached hydrogens (tertiary/aromatic N) is 1. The first-order chi connectivity index (χ1) is 12.3. The zero-order chi connectivity index (χ0) is 19.2. The van der Waals surface area contributed by atoms with Crippen LogP contribution in [-0.2, 0) is 21.2 Å². The number of amides is 1. The van der Waals surface area contributed by atoms with Crippen molar-refractivity contribution in [1.82, 2.24) is 5.32 Å². The van der Waals surface area contributed by atoms with Gasteiger partial charge in [-0.2, -0.15) is 0 Å². The minimum absolute atomic E-state index is 0.233. The number of hydrogen-bond acceptors (Lipinski definition) is 3. The van der Waals surface area contributed by atoms with Gasteiger partial charge in [0.1, 0.15) is 6.54 Å². The Morgan fingerprint density at radius 2 is 1.85 bits per heavy atom. The maximum absolute atomic E-state index is 12.2. The first-order valence-corrected chi connectivity index (χ1v) is 10.5. The van der Waals surface area contributed by atoms with Crippen LogP contribution >= 0.6 is 11.6 Å². The van der Waals surface area contributed by atoms with E-state index in [-0.39, 0.29) is 12.5 Å². The molecule has 140 valence electrons. The van der Waals surface area contributed by atoms with Gasteiger partial charge in [0.05, 0.1) is 11.9 Å². The fourth-order valence-corrected chi connectivity index (χ4v) is 3.52. The van der Waals surface area contributed by atoms with Gasteiger partial charge in [0.2, 0.25) is 15.9 Å². The van der Waals surface area contributed by atoms with Gasteiger partial charge in [0.25, 0.3) is 0 Å². The van der Waals surface area contributed by atoms with E-state index in [1.807, 2.05) is 37.3 Å². The SMILES string of the molecule is Cc1cccc(N(CC(=O)NCCCc2ccc(Cl)cc2)S(C)(=O)=O)c1. The predicted octanol–water partition coefficient (Wildman–Crippen LogP) is 3.16. The summed E-state index contributed by atoms with van der Waals surface area (Å²) >= 11 is 5.85. The Balaban J connectivity index is 1.88. The molecule has 0 aliphatic rings. The largest absolute Gasteiger partial charge is 0.355 e. The molecular weight excluding hydrogens is 372 g/mol. The molecule has 0 aromatic heterocycles. The van der Waals surface area contributed by atoms with Crippen LogP contribution in [0.1, 0.15) is 17.5 Å². The lowest BCUT2D eigenvalue weighted by atomic mass is 10.1. The quantitative estimate of drug-likeness (QED) is 0.699. The van der Waals surface area contributed by atoms with Crippen LogP contribution in [0.15, 0.2) is 48.5 Å². The highest BCUT2D eigenvalue weighted by molar-refractivity contribution is 7.92. The van der Waals surface area contributed by atoms with E-state index in [2.05, 4.69) is 5.32 Å². The topological polar surface area (TPSA) is 66.5 Å². The lowest BCUT2D eigenvalue weighted by molar-refractivity contribution is -0.119. The van der Waals surface area contributed by atoms with Crippen molar-refractivity contribution in [1.29, 1.82) is 0 Å². The molecule has 2 aromatic carbocycles. The fraction of sp³-hybridized carbons (Fsp3) is 0.316. The third kappa shape index (κ3) is 6.35. The molecule has 1 N–H and O–H groups in total. The van der Waals surface area contributed by atoms with E-state index >= 15 is 0 Å². The highest BCUT2D eigenvalue weighted by Crippen LogP contribution is 2.18. The van der Waals surface area contributed by atoms with Gasteiger partial charge in [-0.15, -0.1) is 0 Å². The first kappa shape index (κ1) is 20.3. The van der Waals surface area contributed by atoms with E-state index in [0.717, 1.165) is 34.5 Å². The van der Waals surface area contributed by atoms with Crippen molar-refractivity contribution >= 4 is 33.2 Å². The molecule has 0 atom stereocenters. The molecule has 0 bridgehead atoms. The number of halogens is 1. The number of hydrogen-bond donors (Lipinski definition) is 1. The highest BCUT2D eigenvalue weighted by Gasteiger charge is 2.20. The van der Waals surface area contributed by atoms with E-state index in [9.17, 15) is 13.2 Å². The number of nitrogens with one attached hydrogen (secondary N) is 1. The summed E-state index contributed by atoms with van der Waals surface area (Å²) in [5.41, 5.74) is 2.56. The molecule has 5 nitrogen and oxygen atoms in total.